The molecule has 0 spiro atoms. The fourth-order valence-electron chi connectivity index (χ4n) is 15.9. The van der Waals surface area contributed by atoms with Crippen LogP contribution in [0.3, 0.4) is 0 Å². The molecular weight excluding hydrogens is 1010 g/mol. The molecule has 0 saturated heterocycles. The summed E-state index contributed by atoms with van der Waals surface area (Å²) < 4.78 is 9.03. The van der Waals surface area contributed by atoms with Crippen LogP contribution in [0.5, 0.6) is 0 Å². The third kappa shape index (κ3) is 7.20. The quantitative estimate of drug-likeness (QED) is 0.164. The zero-order valence-electron chi connectivity index (χ0n) is 51.4. The van der Waals surface area contributed by atoms with Gasteiger partial charge in [-0.3, -0.25) is 0 Å². The molecule has 0 atom stereocenters. The number of hydrogen-bond acceptors (Lipinski definition) is 4. The molecular formula is C77H79BN2OS. The Kier molecular flexibility index (Phi) is 10.6. The molecule has 0 fully saturated rings. The third-order valence-electron chi connectivity index (χ3n) is 21.1. The van der Waals surface area contributed by atoms with Crippen molar-refractivity contribution in [2.75, 3.05) is 9.71 Å². The summed E-state index contributed by atoms with van der Waals surface area (Å²) in [4.78, 5) is 5.57. The van der Waals surface area contributed by atoms with Crippen molar-refractivity contribution in [3.63, 3.8) is 0 Å². The maximum atomic E-state index is 7.67. The van der Waals surface area contributed by atoms with E-state index in [1.54, 1.807) is 0 Å². The van der Waals surface area contributed by atoms with Crippen molar-refractivity contribution in [1.29, 1.82) is 0 Å². The van der Waals surface area contributed by atoms with Crippen molar-refractivity contribution >= 4 is 88.9 Å². The first-order valence-electron chi connectivity index (χ1n) is 30.5. The molecule has 82 heavy (non-hydrogen) atoms. The first-order chi connectivity index (χ1) is 38.7. The number of benzene rings is 8. The van der Waals surface area contributed by atoms with Gasteiger partial charge in [0.1, 0.15) is 5.58 Å². The van der Waals surface area contributed by atoms with Crippen LogP contribution in [0.4, 0.5) is 27.8 Å². The summed E-state index contributed by atoms with van der Waals surface area (Å²) in [7, 11) is 0. The van der Waals surface area contributed by atoms with Crippen LogP contribution in [-0.4, -0.2) is 6.85 Å². The lowest BCUT2D eigenvalue weighted by molar-refractivity contribution is 0.332. The Balaban J connectivity index is 1.15. The number of nitrogens with zero attached hydrogens (tertiary/aromatic N) is 2. The molecule has 0 N–H and O–H groups in total. The highest BCUT2D eigenvalue weighted by atomic mass is 32.1. The molecule has 3 aliphatic carbocycles. The summed E-state index contributed by atoms with van der Waals surface area (Å²) in [5, 5.41) is 5.05. The Morgan fingerprint density at radius 2 is 1.05 bits per heavy atom. The van der Waals surface area contributed by atoms with Gasteiger partial charge in [0.15, 0.2) is 5.58 Å². The first-order valence-corrected chi connectivity index (χ1v) is 31.3. The van der Waals surface area contributed by atoms with Crippen molar-refractivity contribution in [3.8, 4) is 33.4 Å². The SMILES string of the molecule is CC(C)(C)c1ccc(N2B3c4c(cc5c(c4N(c4ccc(C(C)(C)C)cc4-c4ccccc4)c4sc6cc7c(cc6c43)C(C)(C)CCC7(C)C)C(C)(C)c3ccccc3-5)-c3ccc4c(oc5cc6c(cc54)C(C)(C)CCC6(C)C)c32)cc1. The molecule has 8 aromatic carbocycles. The van der Waals surface area contributed by atoms with Gasteiger partial charge in [-0.1, -0.05) is 190 Å². The second-order valence-electron chi connectivity index (χ2n) is 30.6. The van der Waals surface area contributed by atoms with Gasteiger partial charge < -0.3 is 14.1 Å². The molecule has 5 aliphatic rings. The Hall–Kier alpha value is -6.82. The topological polar surface area (TPSA) is 19.6 Å². The highest BCUT2D eigenvalue weighted by Crippen LogP contribution is 2.62. The van der Waals surface area contributed by atoms with E-state index in [-0.39, 0.29) is 44.8 Å². The molecule has 0 radical (unpaired) electrons. The van der Waals surface area contributed by atoms with Gasteiger partial charge in [0.25, 0.3) is 0 Å². The minimum absolute atomic E-state index is 0.00947. The summed E-state index contributed by atoms with van der Waals surface area (Å²) in [5.41, 5.74) is 28.2. The average Bonchev–Trinajstić information content (AvgIpc) is 2.80. The highest BCUT2D eigenvalue weighted by molar-refractivity contribution is 7.26. The molecule has 0 saturated carbocycles. The summed E-state index contributed by atoms with van der Waals surface area (Å²) in [6.07, 6.45) is 4.62. The van der Waals surface area contributed by atoms with E-state index in [2.05, 4.69) is 260 Å². The van der Waals surface area contributed by atoms with Crippen LogP contribution >= 0.6 is 11.3 Å². The maximum absolute atomic E-state index is 7.67. The van der Waals surface area contributed by atoms with Crippen molar-refractivity contribution in [1.82, 2.24) is 0 Å². The van der Waals surface area contributed by atoms with E-state index in [1.165, 1.54) is 132 Å². The smallest absolute Gasteiger partial charge is 0.334 e. The largest absolute Gasteiger partial charge is 0.454 e. The molecule has 15 rings (SSSR count). The molecule has 0 amide bonds. The molecule has 10 aromatic rings. The van der Waals surface area contributed by atoms with Gasteiger partial charge >= 0.3 is 6.85 Å². The maximum Gasteiger partial charge on any atom is 0.334 e. The van der Waals surface area contributed by atoms with Crippen molar-refractivity contribution in [2.24, 2.45) is 0 Å². The number of rotatable bonds is 3. The van der Waals surface area contributed by atoms with Gasteiger partial charge in [0, 0.05) is 43.4 Å². The Morgan fingerprint density at radius 1 is 0.463 bits per heavy atom. The summed E-state index contributed by atoms with van der Waals surface area (Å²) in [6, 6.07) is 55.4. The Bertz CT molecular complexity index is 4390. The van der Waals surface area contributed by atoms with Crippen LogP contribution in [0.15, 0.2) is 144 Å². The lowest BCUT2D eigenvalue weighted by Gasteiger charge is -2.47. The van der Waals surface area contributed by atoms with Crippen LogP contribution in [0.2, 0.25) is 0 Å². The first kappa shape index (κ1) is 52.0. The van der Waals surface area contributed by atoms with Gasteiger partial charge in [-0.15, -0.1) is 11.3 Å². The highest BCUT2D eigenvalue weighted by Gasteiger charge is 2.53. The Morgan fingerprint density at radius 3 is 1.70 bits per heavy atom. The predicted molar refractivity (Wildman–Crippen MR) is 354 cm³/mol. The number of thiophene rings is 1. The van der Waals surface area contributed by atoms with E-state index in [0.717, 1.165) is 42.5 Å². The minimum Gasteiger partial charge on any atom is -0.454 e. The van der Waals surface area contributed by atoms with Crippen molar-refractivity contribution in [3.05, 3.63) is 184 Å². The van der Waals surface area contributed by atoms with Crippen LogP contribution in [0.25, 0.3) is 65.4 Å². The molecule has 0 bridgehead atoms. The van der Waals surface area contributed by atoms with Crippen LogP contribution < -0.4 is 20.6 Å². The third-order valence-corrected chi connectivity index (χ3v) is 22.2. The molecule has 412 valence electrons. The predicted octanol–water partition coefficient (Wildman–Crippen LogP) is 20.8. The van der Waals surface area contributed by atoms with E-state index in [4.69, 9.17) is 4.42 Å². The fourth-order valence-corrected chi connectivity index (χ4v) is 17.2. The van der Waals surface area contributed by atoms with Gasteiger partial charge in [0.2, 0.25) is 0 Å². The number of anilines is 5. The summed E-state index contributed by atoms with van der Waals surface area (Å²) in [6.45, 7) is 38.6. The molecule has 2 aromatic heterocycles. The molecule has 5 heteroatoms. The van der Waals surface area contributed by atoms with Crippen molar-refractivity contribution < 1.29 is 4.42 Å². The average molecular weight is 1090 g/mol. The van der Waals surface area contributed by atoms with E-state index in [9.17, 15) is 0 Å². The van der Waals surface area contributed by atoms with E-state index >= 15 is 0 Å². The number of hydrogen-bond donors (Lipinski definition) is 0. The minimum atomic E-state index is -0.332. The molecule has 3 nitrogen and oxygen atoms in total. The second-order valence-corrected chi connectivity index (χ2v) is 31.6. The second kappa shape index (κ2) is 16.7. The van der Waals surface area contributed by atoms with E-state index in [1.807, 2.05) is 11.3 Å². The monoisotopic (exact) mass is 1090 g/mol. The lowest BCUT2D eigenvalue weighted by Crippen LogP contribution is -2.61. The van der Waals surface area contributed by atoms with Crippen LogP contribution in [-0.2, 0) is 37.9 Å². The van der Waals surface area contributed by atoms with Crippen LogP contribution in [0.1, 0.15) is 181 Å². The summed E-state index contributed by atoms with van der Waals surface area (Å²) >= 11 is 2.01. The molecule has 0 unspecified atom stereocenters. The zero-order chi connectivity index (χ0) is 57.3. The van der Waals surface area contributed by atoms with Gasteiger partial charge in [-0.2, -0.15) is 0 Å². The molecule has 2 aliphatic heterocycles. The summed E-state index contributed by atoms with van der Waals surface area (Å²) in [5.74, 6) is 0. The van der Waals surface area contributed by atoms with E-state index in [0.29, 0.717) is 0 Å². The number of furan rings is 1. The standard InChI is InChI=1S/C77H79BN2OS/c1-71(2,3)45-26-29-47(30-27-45)80-67-49(31-32-50-52-40-57-59(42-62(52)81-69(50)67)75(11,12)36-34-73(57,7)8)54-39-53-48-24-20-21-25-56(48)77(15,16)64(53)68-65(54)78(80)66-55-41-58-60(76(13,14)37-35-74(58,9)10)43-63(55)82-70(66)79(68)61-33-28-46(72(4,5)6)38-51(61)44-22-18-17-19-23-44/h17-33,38-43H,34-37H2,1-16H3. The fraction of sp³-hybridized carbons (Fsp3) is 0.351. The molecule has 4 heterocycles. The van der Waals surface area contributed by atoms with E-state index < -0.39 is 0 Å². The lowest BCUT2D eigenvalue weighted by atomic mass is 9.43. The van der Waals surface area contributed by atoms with Gasteiger partial charge in [-0.05, 0) is 202 Å². The Labute approximate surface area is 491 Å². The number of fused-ring (bicyclic) bond motifs is 16. The van der Waals surface area contributed by atoms with Crippen molar-refractivity contribution in [2.45, 2.75) is 174 Å². The van der Waals surface area contributed by atoms with Gasteiger partial charge in [0.05, 0.1) is 16.4 Å². The zero-order valence-corrected chi connectivity index (χ0v) is 52.2. The van der Waals surface area contributed by atoms with Gasteiger partial charge in [-0.25, -0.2) is 0 Å². The normalized spacial score (nSPS) is 18.5. The van der Waals surface area contributed by atoms with Crippen LogP contribution in [0, 0.1) is 0 Å².